The third-order valence-corrected chi connectivity index (χ3v) is 6.55. The number of nitrogens with one attached hydrogen (secondary N) is 3. The molecule has 152 valence electrons. The van der Waals surface area contributed by atoms with Crippen molar-refractivity contribution in [3.8, 4) is 0 Å². The van der Waals surface area contributed by atoms with E-state index in [9.17, 15) is 5.11 Å². The fourth-order valence-electron chi connectivity index (χ4n) is 5.03. The average molecular weight is 400 g/mol. The summed E-state index contributed by atoms with van der Waals surface area (Å²) in [6, 6.07) is 12.8. The van der Waals surface area contributed by atoms with E-state index in [0.717, 1.165) is 42.5 Å². The first-order chi connectivity index (χ1) is 14.6. The number of anilines is 2. The topological polar surface area (TPSA) is 98.8 Å². The van der Waals surface area contributed by atoms with Crippen LogP contribution in [0.25, 0.3) is 22.1 Å². The number of rotatable bonds is 5. The molecule has 0 saturated heterocycles. The van der Waals surface area contributed by atoms with Gasteiger partial charge in [-0.15, -0.1) is 0 Å². The predicted octanol–water partition coefficient (Wildman–Crippen LogP) is 3.83. The van der Waals surface area contributed by atoms with Gasteiger partial charge in [-0.2, -0.15) is 0 Å². The van der Waals surface area contributed by atoms with Crippen molar-refractivity contribution >= 4 is 33.7 Å². The molecule has 2 saturated carbocycles. The molecule has 0 aliphatic heterocycles. The van der Waals surface area contributed by atoms with Gasteiger partial charge in [-0.25, -0.2) is 15.0 Å². The second-order valence-electron chi connectivity index (χ2n) is 8.86. The van der Waals surface area contributed by atoms with Crippen molar-refractivity contribution in [3.63, 3.8) is 0 Å². The first-order valence-electron chi connectivity index (χ1n) is 10.5. The maximum absolute atomic E-state index is 9.57. The van der Waals surface area contributed by atoms with E-state index in [-0.39, 0.29) is 6.10 Å². The quantitative estimate of drug-likeness (QED) is 0.406. The molecule has 7 heteroatoms. The number of hydrogen-bond donors (Lipinski definition) is 4. The molecule has 2 aliphatic rings. The summed E-state index contributed by atoms with van der Waals surface area (Å²) in [5.74, 6) is 1.55. The van der Waals surface area contributed by atoms with Gasteiger partial charge in [-0.1, -0.05) is 12.1 Å². The van der Waals surface area contributed by atoms with E-state index in [2.05, 4.69) is 54.8 Å². The Morgan fingerprint density at radius 2 is 1.90 bits per heavy atom. The molecule has 6 rings (SSSR count). The normalized spacial score (nSPS) is 25.2. The molecule has 7 nitrogen and oxygen atoms in total. The summed E-state index contributed by atoms with van der Waals surface area (Å²) in [6.07, 6.45) is 7.75. The van der Waals surface area contributed by atoms with Crippen molar-refractivity contribution in [2.75, 3.05) is 10.6 Å². The van der Waals surface area contributed by atoms with Gasteiger partial charge in [0.2, 0.25) is 0 Å². The highest BCUT2D eigenvalue weighted by Crippen LogP contribution is 2.56. The van der Waals surface area contributed by atoms with E-state index in [1.807, 2.05) is 18.3 Å². The lowest BCUT2D eigenvalue weighted by Gasteiger charge is -2.56. The van der Waals surface area contributed by atoms with Crippen LogP contribution in [-0.4, -0.2) is 37.2 Å². The van der Waals surface area contributed by atoms with Gasteiger partial charge in [-0.3, -0.25) is 0 Å². The summed E-state index contributed by atoms with van der Waals surface area (Å²) in [5.41, 5.74) is 4.11. The Bertz CT molecular complexity index is 1220. The van der Waals surface area contributed by atoms with Crippen LogP contribution in [0.3, 0.4) is 0 Å². The Hall–Kier alpha value is -3.19. The van der Waals surface area contributed by atoms with Gasteiger partial charge < -0.3 is 20.7 Å². The molecule has 0 atom stereocenters. The van der Waals surface area contributed by atoms with Gasteiger partial charge in [0.1, 0.15) is 17.2 Å². The summed E-state index contributed by atoms with van der Waals surface area (Å²) in [7, 11) is 0. The fraction of sp³-hybridized carbons (Fsp3) is 0.348. The minimum absolute atomic E-state index is 0.0873. The number of aromatic nitrogens is 4. The second-order valence-corrected chi connectivity index (χ2v) is 8.86. The van der Waals surface area contributed by atoms with Crippen molar-refractivity contribution in [1.29, 1.82) is 0 Å². The number of H-pyrrole nitrogens is 1. The molecule has 0 radical (unpaired) electrons. The van der Waals surface area contributed by atoms with Crippen molar-refractivity contribution in [1.82, 2.24) is 19.9 Å². The zero-order valence-electron chi connectivity index (χ0n) is 16.6. The molecule has 4 N–H and O–H groups in total. The number of pyridine rings is 1. The fourth-order valence-corrected chi connectivity index (χ4v) is 5.03. The zero-order chi connectivity index (χ0) is 20.1. The molecule has 30 heavy (non-hydrogen) atoms. The predicted molar refractivity (Wildman–Crippen MR) is 117 cm³/mol. The smallest absolute Gasteiger partial charge is 0.182 e. The Labute approximate surface area is 174 Å². The molecule has 0 amide bonds. The van der Waals surface area contributed by atoms with Crippen molar-refractivity contribution in [3.05, 3.63) is 54.4 Å². The molecule has 3 heterocycles. The van der Waals surface area contributed by atoms with Crippen LogP contribution < -0.4 is 10.6 Å². The van der Waals surface area contributed by atoms with Crippen LogP contribution in [0.1, 0.15) is 31.2 Å². The van der Waals surface area contributed by atoms with Crippen molar-refractivity contribution < 1.29 is 5.11 Å². The Morgan fingerprint density at radius 3 is 2.77 bits per heavy atom. The largest absolute Gasteiger partial charge is 0.393 e. The minimum atomic E-state index is -0.0873. The SMILES string of the molecule is OC1CC2(C1)CC(Nc1ccc3ncc(NCc4ccc5cc[nH]c5c4)nc3n1)C2. The summed E-state index contributed by atoms with van der Waals surface area (Å²) in [5, 5.41) is 17.6. The van der Waals surface area contributed by atoms with Gasteiger partial charge in [-0.05, 0) is 66.3 Å². The first-order valence-corrected chi connectivity index (χ1v) is 10.5. The molecule has 2 aliphatic carbocycles. The van der Waals surface area contributed by atoms with E-state index in [1.165, 1.54) is 10.9 Å². The van der Waals surface area contributed by atoms with Gasteiger partial charge in [0.25, 0.3) is 0 Å². The Kier molecular flexibility index (Phi) is 3.92. The number of benzene rings is 1. The molecule has 3 aromatic heterocycles. The summed E-state index contributed by atoms with van der Waals surface area (Å²) in [4.78, 5) is 17.1. The molecular weight excluding hydrogens is 376 g/mol. The first kappa shape index (κ1) is 17.7. The monoisotopic (exact) mass is 400 g/mol. The van der Waals surface area contributed by atoms with E-state index in [0.29, 0.717) is 29.5 Å². The summed E-state index contributed by atoms with van der Waals surface area (Å²) in [6.45, 7) is 0.670. The number of hydrogen-bond acceptors (Lipinski definition) is 6. The van der Waals surface area contributed by atoms with E-state index >= 15 is 0 Å². The van der Waals surface area contributed by atoms with Gasteiger partial charge >= 0.3 is 0 Å². The highest BCUT2D eigenvalue weighted by Gasteiger charge is 2.52. The summed E-state index contributed by atoms with van der Waals surface area (Å²) < 4.78 is 0. The van der Waals surface area contributed by atoms with Gasteiger partial charge in [0, 0.05) is 24.3 Å². The maximum atomic E-state index is 9.57. The van der Waals surface area contributed by atoms with Crippen LogP contribution in [0.4, 0.5) is 11.6 Å². The lowest BCUT2D eigenvalue weighted by molar-refractivity contribution is -0.0868. The summed E-state index contributed by atoms with van der Waals surface area (Å²) >= 11 is 0. The molecule has 0 unspecified atom stereocenters. The number of aliphatic hydroxyl groups excluding tert-OH is 1. The molecule has 1 aromatic carbocycles. The van der Waals surface area contributed by atoms with Crippen LogP contribution in [0.5, 0.6) is 0 Å². The molecule has 2 fully saturated rings. The van der Waals surface area contributed by atoms with E-state index < -0.39 is 0 Å². The third kappa shape index (κ3) is 3.15. The zero-order valence-corrected chi connectivity index (χ0v) is 16.6. The number of fused-ring (bicyclic) bond motifs is 2. The lowest BCUT2D eigenvalue weighted by atomic mass is 9.53. The number of aromatic amines is 1. The van der Waals surface area contributed by atoms with Crippen molar-refractivity contribution in [2.24, 2.45) is 5.41 Å². The van der Waals surface area contributed by atoms with Gasteiger partial charge in [0.15, 0.2) is 5.65 Å². The molecular formula is C23H24N6O. The van der Waals surface area contributed by atoms with Crippen LogP contribution in [-0.2, 0) is 6.54 Å². The molecule has 4 aromatic rings. The number of nitrogens with zero attached hydrogens (tertiary/aromatic N) is 3. The van der Waals surface area contributed by atoms with E-state index in [4.69, 9.17) is 0 Å². The Balaban J connectivity index is 1.13. The van der Waals surface area contributed by atoms with Crippen LogP contribution in [0, 0.1) is 5.41 Å². The minimum Gasteiger partial charge on any atom is -0.393 e. The average Bonchev–Trinajstić information content (AvgIpc) is 3.17. The standard InChI is InChI=1S/C23H24N6O/c30-17-10-23(11-17)8-16(9-23)27-20-4-3-18-22(28-20)29-21(13-25-18)26-12-14-1-2-15-5-6-24-19(15)7-14/h1-7,13,16-17,24,30H,8-12H2,(H2,26,27,28,29). The van der Waals surface area contributed by atoms with Crippen LogP contribution in [0.15, 0.2) is 48.8 Å². The Morgan fingerprint density at radius 1 is 1.03 bits per heavy atom. The molecule has 1 spiro atoms. The van der Waals surface area contributed by atoms with Gasteiger partial charge in [0.05, 0.1) is 12.3 Å². The van der Waals surface area contributed by atoms with E-state index in [1.54, 1.807) is 6.20 Å². The van der Waals surface area contributed by atoms with Crippen LogP contribution in [0.2, 0.25) is 0 Å². The lowest BCUT2D eigenvalue weighted by Crippen LogP contribution is -2.54. The second kappa shape index (κ2) is 6.67. The van der Waals surface area contributed by atoms with Crippen molar-refractivity contribution in [2.45, 2.75) is 44.4 Å². The van der Waals surface area contributed by atoms with Crippen LogP contribution >= 0.6 is 0 Å². The highest BCUT2D eigenvalue weighted by molar-refractivity contribution is 5.80. The number of aliphatic hydroxyl groups is 1. The molecule has 0 bridgehead atoms. The highest BCUT2D eigenvalue weighted by atomic mass is 16.3. The third-order valence-electron chi connectivity index (χ3n) is 6.55. The maximum Gasteiger partial charge on any atom is 0.182 e.